The van der Waals surface area contributed by atoms with Crippen molar-refractivity contribution in [1.82, 2.24) is 0 Å². The van der Waals surface area contributed by atoms with Crippen LogP contribution in [0.5, 0.6) is 0 Å². The lowest BCUT2D eigenvalue weighted by Crippen LogP contribution is -2.05. The first-order valence-corrected chi connectivity index (χ1v) is 7.43. The van der Waals surface area contributed by atoms with Gasteiger partial charge >= 0.3 is 5.97 Å². The first kappa shape index (κ1) is 14.9. The van der Waals surface area contributed by atoms with Crippen LogP contribution in [-0.4, -0.2) is 11.9 Å². The number of benzene rings is 2. The summed E-state index contributed by atoms with van der Waals surface area (Å²) in [4.78, 5) is 16.0. The fourth-order valence-corrected chi connectivity index (χ4v) is 2.41. The minimum Gasteiger partial charge on any atom is -0.402 e. The SMILES string of the molecule is O=C1OC(c2ccc(Cl)cc2)=N/C1=C/c1ccc(F)c(Br)c1. The summed E-state index contributed by atoms with van der Waals surface area (Å²) in [7, 11) is 0. The highest BCUT2D eigenvalue weighted by Crippen LogP contribution is 2.22. The van der Waals surface area contributed by atoms with Crippen LogP contribution >= 0.6 is 27.5 Å². The molecule has 1 aliphatic rings. The minimum absolute atomic E-state index is 0.156. The molecule has 0 spiro atoms. The van der Waals surface area contributed by atoms with Crippen LogP contribution in [0.25, 0.3) is 6.08 Å². The van der Waals surface area contributed by atoms with Gasteiger partial charge in [-0.3, -0.25) is 0 Å². The topological polar surface area (TPSA) is 38.7 Å². The van der Waals surface area contributed by atoms with E-state index in [1.165, 1.54) is 12.1 Å². The van der Waals surface area contributed by atoms with Crippen LogP contribution < -0.4 is 0 Å². The molecule has 3 nitrogen and oxygen atoms in total. The Bertz CT molecular complexity index is 815. The maximum absolute atomic E-state index is 13.2. The third-order valence-electron chi connectivity index (χ3n) is 2.96. The number of esters is 1. The molecule has 0 aliphatic carbocycles. The lowest BCUT2D eigenvalue weighted by atomic mass is 10.2. The fraction of sp³-hybridized carbons (Fsp3) is 0. The van der Waals surface area contributed by atoms with Gasteiger partial charge in [-0.2, -0.15) is 0 Å². The van der Waals surface area contributed by atoms with E-state index in [9.17, 15) is 9.18 Å². The first-order valence-electron chi connectivity index (χ1n) is 6.26. The molecule has 0 radical (unpaired) electrons. The Morgan fingerprint density at radius 2 is 1.91 bits per heavy atom. The van der Waals surface area contributed by atoms with E-state index < -0.39 is 5.97 Å². The van der Waals surface area contributed by atoms with E-state index in [2.05, 4.69) is 20.9 Å². The Labute approximate surface area is 139 Å². The predicted molar refractivity (Wildman–Crippen MR) is 86.2 cm³/mol. The molecule has 1 heterocycles. The summed E-state index contributed by atoms with van der Waals surface area (Å²) in [6.07, 6.45) is 1.54. The predicted octanol–water partition coefficient (Wildman–Crippen LogP) is 4.59. The molecule has 0 fully saturated rings. The number of cyclic esters (lactones) is 1. The fourth-order valence-electron chi connectivity index (χ4n) is 1.89. The van der Waals surface area contributed by atoms with Gasteiger partial charge in [-0.05, 0) is 64.0 Å². The van der Waals surface area contributed by atoms with Crippen LogP contribution in [-0.2, 0) is 9.53 Å². The smallest absolute Gasteiger partial charge is 0.363 e. The Morgan fingerprint density at radius 1 is 1.18 bits per heavy atom. The van der Waals surface area contributed by atoms with Crippen molar-refractivity contribution in [3.63, 3.8) is 0 Å². The third kappa shape index (κ3) is 3.10. The van der Waals surface area contributed by atoms with Gasteiger partial charge in [0.25, 0.3) is 0 Å². The summed E-state index contributed by atoms with van der Waals surface area (Å²) in [6, 6.07) is 11.2. The van der Waals surface area contributed by atoms with Crippen molar-refractivity contribution < 1.29 is 13.9 Å². The molecule has 0 N–H and O–H groups in total. The lowest BCUT2D eigenvalue weighted by Gasteiger charge is -1.98. The summed E-state index contributed by atoms with van der Waals surface area (Å²) in [6.45, 7) is 0. The van der Waals surface area contributed by atoms with Crippen molar-refractivity contribution in [2.24, 2.45) is 4.99 Å². The second kappa shape index (κ2) is 6.02. The number of hydrogen-bond acceptors (Lipinski definition) is 3. The Kier molecular flexibility index (Phi) is 4.09. The van der Waals surface area contributed by atoms with Crippen LogP contribution in [0.1, 0.15) is 11.1 Å². The summed E-state index contributed by atoms with van der Waals surface area (Å²) in [5.41, 5.74) is 1.45. The van der Waals surface area contributed by atoms with Gasteiger partial charge in [-0.15, -0.1) is 0 Å². The zero-order valence-electron chi connectivity index (χ0n) is 11.0. The number of rotatable bonds is 2. The Hall–Kier alpha value is -1.98. The monoisotopic (exact) mass is 379 g/mol. The molecule has 22 heavy (non-hydrogen) atoms. The summed E-state index contributed by atoms with van der Waals surface area (Å²) < 4.78 is 18.7. The number of carbonyl (C=O) groups excluding carboxylic acids is 1. The van der Waals surface area contributed by atoms with E-state index in [0.29, 0.717) is 20.6 Å². The van der Waals surface area contributed by atoms with E-state index in [0.717, 1.165) is 0 Å². The molecule has 1 aliphatic heterocycles. The first-order chi connectivity index (χ1) is 10.5. The van der Waals surface area contributed by atoms with E-state index >= 15 is 0 Å². The zero-order chi connectivity index (χ0) is 15.7. The highest BCUT2D eigenvalue weighted by Gasteiger charge is 2.24. The number of hydrogen-bond donors (Lipinski definition) is 0. The van der Waals surface area contributed by atoms with E-state index in [1.807, 2.05) is 0 Å². The van der Waals surface area contributed by atoms with Gasteiger partial charge in [0.05, 0.1) is 4.47 Å². The minimum atomic E-state index is -0.551. The van der Waals surface area contributed by atoms with E-state index in [4.69, 9.17) is 16.3 Å². The zero-order valence-corrected chi connectivity index (χ0v) is 13.4. The Morgan fingerprint density at radius 3 is 2.59 bits per heavy atom. The van der Waals surface area contributed by atoms with Crippen molar-refractivity contribution in [1.29, 1.82) is 0 Å². The molecular formula is C16H8BrClFNO2. The lowest BCUT2D eigenvalue weighted by molar-refractivity contribution is -0.129. The number of ether oxygens (including phenoxy) is 1. The third-order valence-corrected chi connectivity index (χ3v) is 3.82. The van der Waals surface area contributed by atoms with E-state index in [1.54, 1.807) is 36.4 Å². The van der Waals surface area contributed by atoms with Gasteiger partial charge in [0.1, 0.15) is 5.82 Å². The van der Waals surface area contributed by atoms with Gasteiger partial charge in [0.15, 0.2) is 5.70 Å². The molecule has 3 rings (SSSR count). The number of aliphatic imine (C=N–C) groups is 1. The number of nitrogens with zero attached hydrogens (tertiary/aromatic N) is 1. The molecule has 0 bridgehead atoms. The molecule has 0 amide bonds. The van der Waals surface area contributed by atoms with Crippen molar-refractivity contribution in [3.05, 3.63) is 74.6 Å². The summed E-state index contributed by atoms with van der Waals surface area (Å²) in [5, 5.41) is 0.584. The molecule has 0 saturated heterocycles. The number of carbonyl (C=O) groups is 1. The highest BCUT2D eigenvalue weighted by molar-refractivity contribution is 9.10. The van der Waals surface area contributed by atoms with Gasteiger partial charge < -0.3 is 4.74 Å². The van der Waals surface area contributed by atoms with Gasteiger partial charge in [0, 0.05) is 10.6 Å². The van der Waals surface area contributed by atoms with Gasteiger partial charge in [0.2, 0.25) is 5.90 Å². The van der Waals surface area contributed by atoms with Crippen LogP contribution in [0.2, 0.25) is 5.02 Å². The molecule has 110 valence electrons. The largest absolute Gasteiger partial charge is 0.402 e. The van der Waals surface area contributed by atoms with Crippen LogP contribution in [0.15, 0.2) is 57.6 Å². The average Bonchev–Trinajstić information content (AvgIpc) is 2.85. The molecule has 0 aromatic heterocycles. The van der Waals surface area contributed by atoms with E-state index in [-0.39, 0.29) is 17.4 Å². The quantitative estimate of drug-likeness (QED) is 0.565. The van der Waals surface area contributed by atoms with Crippen molar-refractivity contribution >= 4 is 45.5 Å². The van der Waals surface area contributed by atoms with Crippen LogP contribution in [0.4, 0.5) is 4.39 Å². The van der Waals surface area contributed by atoms with Crippen LogP contribution in [0, 0.1) is 5.82 Å². The highest BCUT2D eigenvalue weighted by atomic mass is 79.9. The summed E-state index contributed by atoms with van der Waals surface area (Å²) >= 11 is 8.91. The van der Waals surface area contributed by atoms with Gasteiger partial charge in [-0.1, -0.05) is 17.7 Å². The molecule has 0 atom stereocenters. The molecule has 6 heteroatoms. The summed E-state index contributed by atoms with van der Waals surface area (Å²) in [5.74, 6) is -0.707. The second-order valence-electron chi connectivity index (χ2n) is 4.52. The molecule has 0 unspecified atom stereocenters. The van der Waals surface area contributed by atoms with Crippen LogP contribution in [0.3, 0.4) is 0 Å². The number of halogens is 3. The standard InChI is InChI=1S/C16H8BrClFNO2/c17-12-7-9(1-6-13(12)19)8-14-16(21)22-15(20-14)10-2-4-11(18)5-3-10/h1-8H/b14-8+. The molecular weight excluding hydrogens is 373 g/mol. The van der Waals surface area contributed by atoms with Crippen molar-refractivity contribution in [2.75, 3.05) is 0 Å². The normalized spacial score (nSPS) is 15.9. The van der Waals surface area contributed by atoms with Crippen molar-refractivity contribution in [3.8, 4) is 0 Å². The maximum Gasteiger partial charge on any atom is 0.363 e. The molecule has 2 aromatic carbocycles. The van der Waals surface area contributed by atoms with Crippen molar-refractivity contribution in [2.45, 2.75) is 0 Å². The maximum atomic E-state index is 13.2. The molecule has 0 saturated carbocycles. The van der Waals surface area contributed by atoms with Gasteiger partial charge in [-0.25, -0.2) is 14.2 Å². The second-order valence-corrected chi connectivity index (χ2v) is 5.81. The molecule has 2 aromatic rings. The Balaban J connectivity index is 1.93. The average molecular weight is 381 g/mol.